The molecule has 0 fully saturated rings. The summed E-state index contributed by atoms with van der Waals surface area (Å²) in [5.41, 5.74) is 12.5. The summed E-state index contributed by atoms with van der Waals surface area (Å²) >= 11 is 0. The van der Waals surface area contributed by atoms with Gasteiger partial charge in [0.25, 0.3) is 0 Å². The van der Waals surface area contributed by atoms with E-state index in [9.17, 15) is 0 Å². The maximum atomic E-state index is 6.64. The van der Waals surface area contributed by atoms with E-state index in [1.807, 2.05) is 0 Å². The van der Waals surface area contributed by atoms with Gasteiger partial charge < -0.3 is 4.74 Å². The molecule has 1 atom stereocenters. The smallest absolute Gasteiger partial charge is 0.128 e. The standard InChI is InChI=1S/C42H28O/c1-2-11-27(12-3-1)40-34-17-4-6-19-36(34)41(37-20-7-5-18-35(37)40)31-16-8-15-29(25-31)30-23-24-32-33-21-9-13-28-14-10-22-38(42(28)33)43-39(32)26-30/h1-21,23-26,38H,22H2. The van der Waals surface area contributed by atoms with Crippen LogP contribution in [0.4, 0.5) is 0 Å². The van der Waals surface area contributed by atoms with Crippen LogP contribution in [0.3, 0.4) is 0 Å². The zero-order valence-electron chi connectivity index (χ0n) is 23.6. The molecule has 0 spiro atoms. The lowest BCUT2D eigenvalue weighted by atomic mass is 9.84. The van der Waals surface area contributed by atoms with Crippen LogP contribution in [-0.2, 0) is 0 Å². The van der Waals surface area contributed by atoms with Crippen LogP contribution >= 0.6 is 0 Å². The van der Waals surface area contributed by atoms with Gasteiger partial charge in [-0.3, -0.25) is 0 Å². The molecular formula is C42H28O. The molecule has 0 N–H and O–H groups in total. The van der Waals surface area contributed by atoms with Gasteiger partial charge in [0.05, 0.1) is 0 Å². The minimum absolute atomic E-state index is 0.0751. The largest absolute Gasteiger partial charge is 0.485 e. The van der Waals surface area contributed by atoms with Gasteiger partial charge in [0.15, 0.2) is 0 Å². The van der Waals surface area contributed by atoms with E-state index in [0.717, 1.165) is 12.2 Å². The molecule has 7 aromatic carbocycles. The van der Waals surface area contributed by atoms with E-state index in [1.54, 1.807) is 0 Å². The molecule has 43 heavy (non-hydrogen) atoms. The van der Waals surface area contributed by atoms with Crippen LogP contribution in [0, 0.1) is 0 Å². The van der Waals surface area contributed by atoms with Gasteiger partial charge in [-0.2, -0.15) is 0 Å². The van der Waals surface area contributed by atoms with Crippen LogP contribution < -0.4 is 4.74 Å². The zero-order chi connectivity index (χ0) is 28.3. The van der Waals surface area contributed by atoms with E-state index < -0.39 is 0 Å². The highest BCUT2D eigenvalue weighted by atomic mass is 16.5. The van der Waals surface area contributed by atoms with Crippen LogP contribution in [0.5, 0.6) is 5.75 Å². The molecule has 0 bridgehead atoms. The Labute approximate surface area is 251 Å². The fraction of sp³-hybridized carbons (Fsp3) is 0.0476. The summed E-state index contributed by atoms with van der Waals surface area (Å²) < 4.78 is 6.64. The fourth-order valence-electron chi connectivity index (χ4n) is 7.25. The van der Waals surface area contributed by atoms with Crippen molar-refractivity contribution in [3.05, 3.63) is 157 Å². The van der Waals surface area contributed by atoms with Crippen molar-refractivity contribution < 1.29 is 4.74 Å². The number of hydrogen-bond donors (Lipinski definition) is 0. The van der Waals surface area contributed by atoms with Gasteiger partial charge in [-0.05, 0) is 78.2 Å². The van der Waals surface area contributed by atoms with E-state index in [-0.39, 0.29) is 6.10 Å². The topological polar surface area (TPSA) is 9.23 Å². The first-order chi connectivity index (χ1) is 21.3. The summed E-state index contributed by atoms with van der Waals surface area (Å²) in [6.45, 7) is 0. The van der Waals surface area contributed by atoms with Crippen molar-refractivity contribution in [3.63, 3.8) is 0 Å². The number of benzene rings is 7. The van der Waals surface area contributed by atoms with E-state index in [2.05, 4.69) is 152 Å². The van der Waals surface area contributed by atoms with Gasteiger partial charge in [0, 0.05) is 17.5 Å². The third-order valence-corrected chi connectivity index (χ3v) is 9.13. The molecule has 0 saturated carbocycles. The highest BCUT2D eigenvalue weighted by Gasteiger charge is 2.29. The van der Waals surface area contributed by atoms with Crippen LogP contribution in [0.15, 0.2) is 146 Å². The van der Waals surface area contributed by atoms with E-state index in [0.29, 0.717) is 0 Å². The van der Waals surface area contributed by atoms with Gasteiger partial charge in [0.1, 0.15) is 11.9 Å². The Kier molecular flexibility index (Phi) is 5.39. The molecule has 1 aliphatic carbocycles. The summed E-state index contributed by atoms with van der Waals surface area (Å²) in [7, 11) is 0. The second kappa shape index (κ2) is 9.58. The van der Waals surface area contributed by atoms with Crippen molar-refractivity contribution in [3.8, 4) is 50.3 Å². The molecule has 2 aliphatic rings. The average Bonchev–Trinajstić information content (AvgIpc) is 3.07. The van der Waals surface area contributed by atoms with Crippen molar-refractivity contribution in [2.75, 3.05) is 0 Å². The molecule has 1 aliphatic heterocycles. The van der Waals surface area contributed by atoms with Gasteiger partial charge in [-0.25, -0.2) is 0 Å². The first-order valence-corrected chi connectivity index (χ1v) is 15.0. The van der Waals surface area contributed by atoms with Crippen molar-refractivity contribution in [1.82, 2.24) is 0 Å². The lowest BCUT2D eigenvalue weighted by Gasteiger charge is -2.32. The molecule has 1 nitrogen and oxygen atoms in total. The number of rotatable bonds is 3. The molecular weight excluding hydrogens is 520 g/mol. The van der Waals surface area contributed by atoms with Gasteiger partial charge in [0.2, 0.25) is 0 Å². The van der Waals surface area contributed by atoms with Crippen molar-refractivity contribution in [2.24, 2.45) is 0 Å². The Morgan fingerprint density at radius 1 is 0.465 bits per heavy atom. The highest BCUT2D eigenvalue weighted by molar-refractivity contribution is 6.21. The van der Waals surface area contributed by atoms with E-state index >= 15 is 0 Å². The zero-order valence-corrected chi connectivity index (χ0v) is 23.6. The lowest BCUT2D eigenvalue weighted by molar-refractivity contribution is 0.204. The monoisotopic (exact) mass is 548 g/mol. The average molecular weight is 549 g/mol. The van der Waals surface area contributed by atoms with E-state index in [1.165, 1.54) is 77.2 Å². The second-order valence-corrected chi connectivity index (χ2v) is 11.6. The Balaban J connectivity index is 1.22. The van der Waals surface area contributed by atoms with E-state index in [4.69, 9.17) is 4.74 Å². The first-order valence-electron chi connectivity index (χ1n) is 15.0. The number of ether oxygens (including phenoxy) is 1. The molecule has 0 radical (unpaired) electrons. The molecule has 0 amide bonds. The SMILES string of the molecule is C1=Cc2cccc3c2C(C1)Oc1cc(-c2cccc(-c4c5ccccc5c(-c5ccccc5)c5ccccc45)c2)ccc1-3. The number of hydrogen-bond acceptors (Lipinski definition) is 1. The van der Waals surface area contributed by atoms with Gasteiger partial charge >= 0.3 is 0 Å². The highest BCUT2D eigenvalue weighted by Crippen LogP contribution is 2.49. The molecule has 0 saturated heterocycles. The Bertz CT molecular complexity index is 2180. The Morgan fingerprint density at radius 2 is 1.07 bits per heavy atom. The summed E-state index contributed by atoms with van der Waals surface area (Å²) in [5.74, 6) is 0.968. The minimum atomic E-state index is 0.0751. The van der Waals surface area contributed by atoms with Crippen molar-refractivity contribution in [2.45, 2.75) is 12.5 Å². The fourth-order valence-corrected chi connectivity index (χ4v) is 7.25. The van der Waals surface area contributed by atoms with Crippen LogP contribution in [0.25, 0.3) is 72.1 Å². The summed E-state index contributed by atoms with van der Waals surface area (Å²) in [4.78, 5) is 0. The maximum Gasteiger partial charge on any atom is 0.128 e. The van der Waals surface area contributed by atoms with Crippen LogP contribution in [-0.4, -0.2) is 0 Å². The summed E-state index contributed by atoms with van der Waals surface area (Å²) in [6.07, 6.45) is 5.43. The predicted octanol–water partition coefficient (Wildman–Crippen LogP) is 11.5. The Hall–Kier alpha value is -5.40. The van der Waals surface area contributed by atoms with Gasteiger partial charge in [-0.15, -0.1) is 0 Å². The van der Waals surface area contributed by atoms with Crippen molar-refractivity contribution >= 4 is 27.6 Å². The quantitative estimate of drug-likeness (QED) is 0.200. The molecule has 0 aromatic heterocycles. The third-order valence-electron chi connectivity index (χ3n) is 9.13. The molecule has 7 aromatic rings. The molecule has 1 unspecified atom stereocenters. The molecule has 9 rings (SSSR count). The summed E-state index contributed by atoms with van der Waals surface area (Å²) in [6, 6.07) is 50.8. The molecule has 202 valence electrons. The normalized spacial score (nSPS) is 14.7. The first kappa shape index (κ1) is 24.2. The minimum Gasteiger partial charge on any atom is -0.485 e. The van der Waals surface area contributed by atoms with Gasteiger partial charge in [-0.1, -0.05) is 140 Å². The van der Waals surface area contributed by atoms with Crippen LogP contribution in [0.2, 0.25) is 0 Å². The van der Waals surface area contributed by atoms with Crippen molar-refractivity contribution in [1.29, 1.82) is 0 Å². The molecule has 1 heterocycles. The Morgan fingerprint density at radius 3 is 1.81 bits per heavy atom. The predicted molar refractivity (Wildman–Crippen MR) is 180 cm³/mol. The second-order valence-electron chi connectivity index (χ2n) is 11.6. The third kappa shape index (κ3) is 3.78. The number of fused-ring (bicyclic) bond motifs is 4. The lowest BCUT2D eigenvalue weighted by Crippen LogP contribution is -2.16. The summed E-state index contributed by atoms with van der Waals surface area (Å²) in [5, 5.41) is 5.08. The maximum absolute atomic E-state index is 6.64. The van der Waals surface area contributed by atoms with Crippen LogP contribution in [0.1, 0.15) is 23.7 Å². The molecule has 1 heteroatoms.